The van der Waals surface area contributed by atoms with Gasteiger partial charge in [-0.05, 0) is 43.9 Å². The van der Waals surface area contributed by atoms with E-state index in [1.54, 1.807) is 13.8 Å². The number of carbonyl (C=O) groups excluding carboxylic acids is 2. The minimum absolute atomic E-state index is 0.0210. The molecule has 3 amide bonds. The van der Waals surface area contributed by atoms with E-state index in [9.17, 15) is 22.4 Å². The first-order chi connectivity index (χ1) is 14.9. The topological polar surface area (TPSA) is 114 Å². The highest BCUT2D eigenvalue weighted by Gasteiger charge is 2.28. The summed E-state index contributed by atoms with van der Waals surface area (Å²) in [4.78, 5) is 24.1. The van der Waals surface area contributed by atoms with Crippen molar-refractivity contribution in [2.24, 2.45) is 5.92 Å². The first-order valence-corrected chi connectivity index (χ1v) is 12.2. The standard InChI is InChI=1S/C21H32FN3O6S/c1-15(2)13-31-18-12-16(6-7-17(18)22)21(3,4)24-32(28,29)11-5-10-30-14-25-9-8-19(26)23-20(25)27/h6-7,12,15,24H,5,8-11,13-14H2,1-4H3,(H,23,26,27). The Labute approximate surface area is 188 Å². The number of hydrogen-bond donors (Lipinski definition) is 2. The molecule has 1 aromatic rings. The fourth-order valence-electron chi connectivity index (χ4n) is 3.01. The Hall–Kier alpha value is -2.24. The Morgan fingerprint density at radius 3 is 2.66 bits per heavy atom. The molecule has 0 aromatic heterocycles. The van der Waals surface area contributed by atoms with Crippen LogP contribution in [0.15, 0.2) is 18.2 Å². The Bertz CT molecular complexity index is 920. The van der Waals surface area contributed by atoms with Crippen LogP contribution in [-0.4, -0.2) is 57.5 Å². The number of carbonyl (C=O) groups is 2. The van der Waals surface area contributed by atoms with Crippen molar-refractivity contribution in [1.82, 2.24) is 14.9 Å². The van der Waals surface area contributed by atoms with Crippen LogP contribution in [0.5, 0.6) is 5.75 Å². The highest BCUT2D eigenvalue weighted by Crippen LogP contribution is 2.27. The average Bonchev–Trinajstić information content (AvgIpc) is 2.67. The number of sulfonamides is 1. The number of rotatable bonds is 12. The van der Waals surface area contributed by atoms with E-state index >= 15 is 0 Å². The summed E-state index contributed by atoms with van der Waals surface area (Å²) in [6, 6.07) is 3.78. The van der Waals surface area contributed by atoms with Crippen molar-refractivity contribution in [3.63, 3.8) is 0 Å². The summed E-state index contributed by atoms with van der Waals surface area (Å²) < 4.78 is 52.7. The lowest BCUT2D eigenvalue weighted by Crippen LogP contribution is -2.50. The normalized spacial score (nSPS) is 15.2. The third-order valence-electron chi connectivity index (χ3n) is 4.73. The molecule has 0 radical (unpaired) electrons. The summed E-state index contributed by atoms with van der Waals surface area (Å²) in [5.41, 5.74) is -0.412. The molecular weight excluding hydrogens is 441 g/mol. The van der Waals surface area contributed by atoms with Crippen LogP contribution < -0.4 is 14.8 Å². The van der Waals surface area contributed by atoms with E-state index in [0.717, 1.165) is 0 Å². The molecule has 9 nitrogen and oxygen atoms in total. The van der Waals surface area contributed by atoms with Crippen LogP contribution in [0.3, 0.4) is 0 Å². The van der Waals surface area contributed by atoms with Gasteiger partial charge in [-0.3, -0.25) is 10.1 Å². The molecule has 1 heterocycles. The number of imide groups is 1. The molecule has 0 spiro atoms. The number of halogens is 1. The Balaban J connectivity index is 1.85. The highest BCUT2D eigenvalue weighted by molar-refractivity contribution is 7.89. The SMILES string of the molecule is CC(C)COc1cc(C(C)(C)NS(=O)(=O)CCCOCN2CCC(=O)NC2=O)ccc1F. The zero-order valence-electron chi connectivity index (χ0n) is 18.9. The molecule has 1 aliphatic heterocycles. The van der Waals surface area contributed by atoms with Crippen molar-refractivity contribution >= 4 is 22.0 Å². The lowest BCUT2D eigenvalue weighted by Gasteiger charge is -2.27. The van der Waals surface area contributed by atoms with Gasteiger partial charge in [0.15, 0.2) is 11.6 Å². The molecule has 0 atom stereocenters. The largest absolute Gasteiger partial charge is 0.490 e. The van der Waals surface area contributed by atoms with Crippen LogP contribution in [0.25, 0.3) is 0 Å². The van der Waals surface area contributed by atoms with Crippen molar-refractivity contribution in [3.05, 3.63) is 29.6 Å². The van der Waals surface area contributed by atoms with Crippen molar-refractivity contribution in [2.75, 3.05) is 32.2 Å². The number of hydrogen-bond acceptors (Lipinski definition) is 6. The van der Waals surface area contributed by atoms with Gasteiger partial charge in [0, 0.05) is 19.6 Å². The zero-order valence-corrected chi connectivity index (χ0v) is 19.8. The van der Waals surface area contributed by atoms with Gasteiger partial charge in [-0.1, -0.05) is 19.9 Å². The monoisotopic (exact) mass is 473 g/mol. The average molecular weight is 474 g/mol. The minimum Gasteiger partial charge on any atom is -0.490 e. The predicted molar refractivity (Wildman–Crippen MR) is 117 cm³/mol. The van der Waals surface area contributed by atoms with Gasteiger partial charge in [-0.15, -0.1) is 0 Å². The summed E-state index contributed by atoms with van der Waals surface area (Å²) in [7, 11) is -3.66. The second-order valence-corrected chi connectivity index (χ2v) is 10.5. The van der Waals surface area contributed by atoms with Gasteiger partial charge >= 0.3 is 6.03 Å². The fourth-order valence-corrected chi connectivity index (χ4v) is 4.50. The molecule has 0 bridgehead atoms. The van der Waals surface area contributed by atoms with E-state index in [2.05, 4.69) is 10.0 Å². The Kier molecular flexibility index (Phi) is 8.99. The van der Waals surface area contributed by atoms with Crippen LogP contribution in [0.4, 0.5) is 9.18 Å². The molecular formula is C21H32FN3O6S. The molecule has 32 heavy (non-hydrogen) atoms. The van der Waals surface area contributed by atoms with Crippen LogP contribution in [0.1, 0.15) is 46.1 Å². The van der Waals surface area contributed by atoms with Gasteiger partial charge in [0.1, 0.15) is 6.73 Å². The summed E-state index contributed by atoms with van der Waals surface area (Å²) in [6.07, 6.45) is 0.419. The van der Waals surface area contributed by atoms with Crippen LogP contribution in [-0.2, 0) is 25.1 Å². The molecule has 1 saturated heterocycles. The lowest BCUT2D eigenvalue weighted by atomic mass is 9.95. The van der Waals surface area contributed by atoms with Crippen molar-refractivity contribution in [1.29, 1.82) is 0 Å². The van der Waals surface area contributed by atoms with E-state index < -0.39 is 27.4 Å². The predicted octanol–water partition coefficient (Wildman–Crippen LogP) is 2.32. The number of amides is 3. The van der Waals surface area contributed by atoms with E-state index in [-0.39, 0.29) is 56.1 Å². The third-order valence-corrected chi connectivity index (χ3v) is 6.37. The first kappa shape index (κ1) is 26.0. The molecule has 180 valence electrons. The van der Waals surface area contributed by atoms with E-state index in [4.69, 9.17) is 9.47 Å². The van der Waals surface area contributed by atoms with Crippen LogP contribution in [0, 0.1) is 11.7 Å². The van der Waals surface area contributed by atoms with E-state index in [0.29, 0.717) is 12.2 Å². The Morgan fingerprint density at radius 1 is 1.28 bits per heavy atom. The van der Waals surface area contributed by atoms with Crippen LogP contribution >= 0.6 is 0 Å². The molecule has 0 saturated carbocycles. The smallest absolute Gasteiger partial charge is 0.325 e. The minimum atomic E-state index is -3.66. The molecule has 2 rings (SSSR count). The number of benzene rings is 1. The van der Waals surface area contributed by atoms with Gasteiger partial charge in [0.25, 0.3) is 0 Å². The molecule has 1 aliphatic rings. The number of nitrogens with zero attached hydrogens (tertiary/aromatic N) is 1. The maximum atomic E-state index is 14.0. The summed E-state index contributed by atoms with van der Waals surface area (Å²) in [6.45, 7) is 8.00. The van der Waals surface area contributed by atoms with Crippen molar-refractivity contribution in [3.8, 4) is 5.75 Å². The van der Waals surface area contributed by atoms with E-state index in [1.165, 1.54) is 23.1 Å². The quantitative estimate of drug-likeness (QED) is 0.451. The number of ether oxygens (including phenoxy) is 2. The van der Waals surface area contributed by atoms with E-state index in [1.807, 2.05) is 13.8 Å². The van der Waals surface area contributed by atoms with Gasteiger partial charge in [-0.25, -0.2) is 22.3 Å². The van der Waals surface area contributed by atoms with Gasteiger partial charge < -0.3 is 14.4 Å². The molecule has 1 fully saturated rings. The van der Waals surface area contributed by atoms with Crippen molar-refractivity contribution < 1.29 is 31.9 Å². The summed E-state index contributed by atoms with van der Waals surface area (Å²) in [5, 5.41) is 2.19. The molecule has 0 unspecified atom stereocenters. The first-order valence-electron chi connectivity index (χ1n) is 10.5. The summed E-state index contributed by atoms with van der Waals surface area (Å²) >= 11 is 0. The highest BCUT2D eigenvalue weighted by atomic mass is 32.2. The summed E-state index contributed by atoms with van der Waals surface area (Å²) in [5.74, 6) is -0.708. The van der Waals surface area contributed by atoms with Crippen LogP contribution in [0.2, 0.25) is 0 Å². The molecule has 11 heteroatoms. The second-order valence-electron chi connectivity index (χ2n) is 8.65. The fraction of sp³-hybridized carbons (Fsp3) is 0.619. The number of urea groups is 1. The maximum absolute atomic E-state index is 14.0. The van der Waals surface area contributed by atoms with Gasteiger partial charge in [0.05, 0.1) is 17.9 Å². The number of nitrogens with one attached hydrogen (secondary N) is 2. The van der Waals surface area contributed by atoms with Crippen molar-refractivity contribution in [2.45, 2.75) is 46.1 Å². The maximum Gasteiger partial charge on any atom is 0.325 e. The molecule has 1 aromatic carbocycles. The zero-order chi connectivity index (χ0) is 23.9. The Morgan fingerprint density at radius 2 is 2.00 bits per heavy atom. The third kappa shape index (κ3) is 8.03. The molecule has 2 N–H and O–H groups in total. The lowest BCUT2D eigenvalue weighted by molar-refractivity contribution is -0.122. The second kappa shape index (κ2) is 11.1. The van der Waals surface area contributed by atoms with Gasteiger partial charge in [0.2, 0.25) is 15.9 Å². The molecule has 0 aliphatic carbocycles. The van der Waals surface area contributed by atoms with Gasteiger partial charge in [-0.2, -0.15) is 0 Å².